The average Bonchev–Trinajstić information content (AvgIpc) is 1.94. The molecular formula is C7H10BrNO. The number of allylic oxidation sites excluding steroid dienone is 2. The van der Waals surface area contributed by atoms with Crippen molar-refractivity contribution in [1.82, 2.24) is 5.06 Å². The zero-order valence-electron chi connectivity index (χ0n) is 6.04. The number of hydrogen-bond acceptors (Lipinski definition) is 2. The van der Waals surface area contributed by atoms with Gasteiger partial charge >= 0.3 is 0 Å². The number of hydrogen-bond donors (Lipinski definition) is 0. The van der Waals surface area contributed by atoms with Gasteiger partial charge in [-0.1, -0.05) is 6.08 Å². The summed E-state index contributed by atoms with van der Waals surface area (Å²) in [6.45, 7) is 2.07. The van der Waals surface area contributed by atoms with Gasteiger partial charge in [0, 0.05) is 10.7 Å². The van der Waals surface area contributed by atoms with Crippen LogP contribution in [0.2, 0.25) is 0 Å². The Morgan fingerprint density at radius 3 is 2.90 bits per heavy atom. The van der Waals surface area contributed by atoms with Gasteiger partial charge in [0.15, 0.2) is 0 Å². The molecule has 0 spiro atoms. The van der Waals surface area contributed by atoms with Crippen molar-refractivity contribution in [2.75, 3.05) is 7.11 Å². The quantitative estimate of drug-likeness (QED) is 0.648. The molecule has 1 rings (SSSR count). The molecule has 1 unspecified atom stereocenters. The monoisotopic (exact) mass is 203 g/mol. The lowest BCUT2D eigenvalue weighted by Crippen LogP contribution is -2.26. The van der Waals surface area contributed by atoms with Crippen molar-refractivity contribution in [3.05, 3.63) is 22.8 Å². The molecule has 0 saturated heterocycles. The third-order valence-electron chi connectivity index (χ3n) is 1.40. The first-order chi connectivity index (χ1) is 4.74. The lowest BCUT2D eigenvalue weighted by molar-refractivity contribution is -0.104. The van der Waals surface area contributed by atoms with Gasteiger partial charge in [-0.15, -0.1) is 0 Å². The second-order valence-corrected chi connectivity index (χ2v) is 3.07. The van der Waals surface area contributed by atoms with E-state index in [1.165, 1.54) is 0 Å². The van der Waals surface area contributed by atoms with Crippen LogP contribution in [0.15, 0.2) is 22.8 Å². The van der Waals surface area contributed by atoms with Gasteiger partial charge in [-0.25, -0.2) is 0 Å². The molecule has 0 fully saturated rings. The fourth-order valence-corrected chi connectivity index (χ4v) is 1.17. The molecule has 3 heteroatoms. The molecule has 2 nitrogen and oxygen atoms in total. The number of halogens is 1. The topological polar surface area (TPSA) is 12.5 Å². The SMILES string of the molecule is CON1C=C(Br)C=CC1C. The molecule has 0 amide bonds. The van der Waals surface area contributed by atoms with E-state index in [1.54, 1.807) is 12.2 Å². The van der Waals surface area contributed by atoms with Gasteiger partial charge in [-0.05, 0) is 28.9 Å². The fraction of sp³-hybridized carbons (Fsp3) is 0.429. The lowest BCUT2D eigenvalue weighted by atomic mass is 10.2. The van der Waals surface area contributed by atoms with Crippen LogP contribution in [0.5, 0.6) is 0 Å². The Bertz CT molecular complexity index is 176. The third kappa shape index (κ3) is 1.61. The van der Waals surface area contributed by atoms with E-state index in [2.05, 4.69) is 28.9 Å². The molecule has 0 aromatic heterocycles. The first kappa shape index (κ1) is 7.82. The average molecular weight is 204 g/mol. The number of rotatable bonds is 1. The van der Waals surface area contributed by atoms with E-state index in [-0.39, 0.29) is 0 Å². The van der Waals surface area contributed by atoms with E-state index < -0.39 is 0 Å². The Balaban J connectivity index is 2.67. The highest BCUT2D eigenvalue weighted by Crippen LogP contribution is 2.17. The van der Waals surface area contributed by atoms with Gasteiger partial charge in [0.1, 0.15) is 0 Å². The Kier molecular flexibility index (Phi) is 2.51. The molecule has 1 aliphatic rings. The van der Waals surface area contributed by atoms with E-state index in [1.807, 2.05) is 12.3 Å². The summed E-state index contributed by atoms with van der Waals surface area (Å²) < 4.78 is 1.03. The maximum Gasteiger partial charge on any atom is 0.0714 e. The Labute approximate surface area is 69.2 Å². The number of hydroxylamine groups is 2. The molecule has 0 bridgehead atoms. The van der Waals surface area contributed by atoms with Crippen LogP contribution in [0.25, 0.3) is 0 Å². The van der Waals surface area contributed by atoms with Crippen molar-refractivity contribution < 1.29 is 4.84 Å². The molecule has 0 saturated carbocycles. The van der Waals surface area contributed by atoms with E-state index >= 15 is 0 Å². The summed E-state index contributed by atoms with van der Waals surface area (Å²) >= 11 is 3.35. The van der Waals surface area contributed by atoms with Crippen LogP contribution in [0, 0.1) is 0 Å². The van der Waals surface area contributed by atoms with Gasteiger partial charge in [-0.2, -0.15) is 0 Å². The Morgan fingerprint density at radius 1 is 1.70 bits per heavy atom. The third-order valence-corrected chi connectivity index (χ3v) is 1.87. The molecule has 1 aliphatic heterocycles. The molecule has 56 valence electrons. The predicted octanol–water partition coefficient (Wildman–Crippen LogP) is 2.04. The van der Waals surface area contributed by atoms with Crippen LogP contribution in [0.4, 0.5) is 0 Å². The maximum absolute atomic E-state index is 5.05. The summed E-state index contributed by atoms with van der Waals surface area (Å²) in [5, 5.41) is 1.78. The summed E-state index contributed by atoms with van der Waals surface area (Å²) in [5.41, 5.74) is 0. The van der Waals surface area contributed by atoms with Gasteiger partial charge in [0.05, 0.1) is 13.2 Å². The molecule has 0 aliphatic carbocycles. The molecule has 1 atom stereocenters. The minimum atomic E-state index is 0.325. The van der Waals surface area contributed by atoms with Crippen molar-refractivity contribution in [3.63, 3.8) is 0 Å². The van der Waals surface area contributed by atoms with Crippen LogP contribution in [0.1, 0.15) is 6.92 Å². The van der Waals surface area contributed by atoms with Crippen LogP contribution >= 0.6 is 15.9 Å². The van der Waals surface area contributed by atoms with Crippen LogP contribution in [0.3, 0.4) is 0 Å². The van der Waals surface area contributed by atoms with Crippen LogP contribution in [-0.4, -0.2) is 18.2 Å². The minimum Gasteiger partial charge on any atom is -0.277 e. The first-order valence-electron chi connectivity index (χ1n) is 3.12. The van der Waals surface area contributed by atoms with Crippen molar-refractivity contribution in [3.8, 4) is 0 Å². The Morgan fingerprint density at radius 2 is 2.40 bits per heavy atom. The highest BCUT2D eigenvalue weighted by molar-refractivity contribution is 9.11. The summed E-state index contributed by atoms with van der Waals surface area (Å²) in [4.78, 5) is 5.05. The standard InChI is InChI=1S/C7H10BrNO/c1-6-3-4-7(8)5-9(6)10-2/h3-6H,1-2H3. The second kappa shape index (κ2) is 3.21. The highest BCUT2D eigenvalue weighted by Gasteiger charge is 2.09. The van der Waals surface area contributed by atoms with Crippen LogP contribution in [-0.2, 0) is 4.84 Å². The zero-order chi connectivity index (χ0) is 7.56. The molecule has 0 N–H and O–H groups in total. The first-order valence-corrected chi connectivity index (χ1v) is 3.91. The van der Waals surface area contributed by atoms with E-state index in [9.17, 15) is 0 Å². The smallest absolute Gasteiger partial charge is 0.0714 e. The van der Waals surface area contributed by atoms with Crippen LogP contribution < -0.4 is 0 Å². The van der Waals surface area contributed by atoms with Crippen molar-refractivity contribution in [2.24, 2.45) is 0 Å². The maximum atomic E-state index is 5.05. The lowest BCUT2D eigenvalue weighted by Gasteiger charge is -2.25. The van der Waals surface area contributed by atoms with Crippen molar-refractivity contribution >= 4 is 15.9 Å². The zero-order valence-corrected chi connectivity index (χ0v) is 7.63. The highest BCUT2D eigenvalue weighted by atomic mass is 79.9. The second-order valence-electron chi connectivity index (χ2n) is 2.16. The van der Waals surface area contributed by atoms with Gasteiger partial charge < -0.3 is 0 Å². The largest absolute Gasteiger partial charge is 0.277 e. The summed E-state index contributed by atoms with van der Waals surface area (Å²) in [7, 11) is 1.66. The number of nitrogens with zero attached hydrogens (tertiary/aromatic N) is 1. The van der Waals surface area contributed by atoms with E-state index in [0.29, 0.717) is 6.04 Å². The van der Waals surface area contributed by atoms with Gasteiger partial charge in [-0.3, -0.25) is 9.90 Å². The van der Waals surface area contributed by atoms with Crippen molar-refractivity contribution in [1.29, 1.82) is 0 Å². The molecule has 10 heavy (non-hydrogen) atoms. The fourth-order valence-electron chi connectivity index (χ4n) is 0.817. The normalized spacial score (nSPS) is 24.9. The van der Waals surface area contributed by atoms with E-state index in [0.717, 1.165) is 4.48 Å². The molecule has 0 aromatic rings. The molecule has 1 heterocycles. The van der Waals surface area contributed by atoms with Crippen molar-refractivity contribution in [2.45, 2.75) is 13.0 Å². The molecular weight excluding hydrogens is 194 g/mol. The van der Waals surface area contributed by atoms with Gasteiger partial charge in [0.25, 0.3) is 0 Å². The Hall–Kier alpha value is -0.280. The summed E-state index contributed by atoms with van der Waals surface area (Å²) in [6.07, 6.45) is 5.98. The molecule has 0 radical (unpaired) electrons. The van der Waals surface area contributed by atoms with E-state index in [4.69, 9.17) is 4.84 Å². The minimum absolute atomic E-state index is 0.325. The molecule has 0 aromatic carbocycles. The summed E-state index contributed by atoms with van der Waals surface area (Å²) in [6, 6.07) is 0.325. The van der Waals surface area contributed by atoms with Gasteiger partial charge in [0.2, 0.25) is 0 Å². The predicted molar refractivity (Wildman–Crippen MR) is 44.5 cm³/mol. The summed E-state index contributed by atoms with van der Waals surface area (Å²) in [5.74, 6) is 0.